The van der Waals surface area contributed by atoms with E-state index in [9.17, 15) is 4.79 Å². The molecule has 1 N–H and O–H groups in total. The number of likely N-dealkylation sites (tertiary alicyclic amines) is 1. The predicted octanol–water partition coefficient (Wildman–Crippen LogP) is 2.27. The van der Waals surface area contributed by atoms with Gasteiger partial charge in [-0.3, -0.25) is 4.79 Å². The van der Waals surface area contributed by atoms with Gasteiger partial charge in [0.2, 0.25) is 5.91 Å². The first kappa shape index (κ1) is 12.7. The predicted molar refractivity (Wildman–Crippen MR) is 75.8 cm³/mol. The third-order valence-electron chi connectivity index (χ3n) is 4.49. The van der Waals surface area contributed by atoms with Crippen molar-refractivity contribution in [3.05, 3.63) is 35.4 Å². The number of aryl methyl sites for hydroxylation is 1. The number of hydrogen-bond donors (Lipinski definition) is 1. The van der Waals surface area contributed by atoms with E-state index in [-0.39, 0.29) is 5.92 Å². The Bertz CT molecular complexity index is 466. The van der Waals surface area contributed by atoms with Gasteiger partial charge in [0, 0.05) is 13.1 Å². The Hall–Kier alpha value is -1.35. The number of nitrogens with one attached hydrogen (secondary N) is 1. The van der Waals surface area contributed by atoms with Gasteiger partial charge in [0.15, 0.2) is 0 Å². The standard InChI is InChI=1S/C16H22N2O/c1-12-5-2-3-6-14(12)15-7-4-10-18(15)16(19)13-8-9-17-11-13/h2-3,5-6,13,15,17H,4,7-11H2,1H3. The van der Waals surface area contributed by atoms with Crippen LogP contribution in [0.3, 0.4) is 0 Å². The van der Waals surface area contributed by atoms with Crippen molar-refractivity contribution in [2.24, 2.45) is 5.92 Å². The maximum atomic E-state index is 12.6. The van der Waals surface area contributed by atoms with E-state index in [1.165, 1.54) is 11.1 Å². The van der Waals surface area contributed by atoms with Gasteiger partial charge in [-0.15, -0.1) is 0 Å². The minimum atomic E-state index is 0.199. The molecule has 3 heteroatoms. The van der Waals surface area contributed by atoms with Crippen LogP contribution in [0.5, 0.6) is 0 Å². The molecule has 0 spiro atoms. The summed E-state index contributed by atoms with van der Waals surface area (Å²) in [6.07, 6.45) is 3.23. The number of carbonyl (C=O) groups is 1. The van der Waals surface area contributed by atoms with Gasteiger partial charge in [-0.2, -0.15) is 0 Å². The summed E-state index contributed by atoms with van der Waals surface area (Å²) in [4.78, 5) is 14.8. The molecule has 0 aromatic heterocycles. The topological polar surface area (TPSA) is 32.3 Å². The van der Waals surface area contributed by atoms with Crippen molar-refractivity contribution in [2.45, 2.75) is 32.2 Å². The maximum absolute atomic E-state index is 12.6. The van der Waals surface area contributed by atoms with E-state index in [0.29, 0.717) is 11.9 Å². The molecule has 19 heavy (non-hydrogen) atoms. The second-order valence-corrected chi connectivity index (χ2v) is 5.74. The van der Waals surface area contributed by atoms with E-state index in [2.05, 4.69) is 41.4 Å². The highest BCUT2D eigenvalue weighted by atomic mass is 16.2. The number of nitrogens with zero attached hydrogens (tertiary/aromatic N) is 1. The third kappa shape index (κ3) is 2.39. The summed E-state index contributed by atoms with van der Waals surface area (Å²) >= 11 is 0. The summed E-state index contributed by atoms with van der Waals surface area (Å²) in [6.45, 7) is 4.91. The summed E-state index contributed by atoms with van der Waals surface area (Å²) in [7, 11) is 0. The highest BCUT2D eigenvalue weighted by molar-refractivity contribution is 5.80. The van der Waals surface area contributed by atoms with E-state index in [1.807, 2.05) is 0 Å². The molecular formula is C16H22N2O. The van der Waals surface area contributed by atoms with Gasteiger partial charge in [-0.25, -0.2) is 0 Å². The maximum Gasteiger partial charge on any atom is 0.227 e. The van der Waals surface area contributed by atoms with Crippen molar-refractivity contribution in [3.8, 4) is 0 Å². The van der Waals surface area contributed by atoms with Crippen LogP contribution in [0.2, 0.25) is 0 Å². The molecular weight excluding hydrogens is 236 g/mol. The number of rotatable bonds is 2. The number of carbonyl (C=O) groups excluding carboxylic acids is 1. The molecule has 2 heterocycles. The molecule has 0 aliphatic carbocycles. The molecule has 3 rings (SSSR count). The first-order valence-electron chi connectivity index (χ1n) is 7.34. The van der Waals surface area contributed by atoms with Crippen LogP contribution in [-0.2, 0) is 4.79 Å². The molecule has 2 unspecified atom stereocenters. The Morgan fingerprint density at radius 2 is 2.16 bits per heavy atom. The molecule has 2 fully saturated rings. The fourth-order valence-electron chi connectivity index (χ4n) is 3.41. The van der Waals surface area contributed by atoms with Gasteiger partial charge in [-0.1, -0.05) is 24.3 Å². The highest BCUT2D eigenvalue weighted by Gasteiger charge is 2.35. The van der Waals surface area contributed by atoms with Crippen LogP contribution in [0.15, 0.2) is 24.3 Å². The zero-order chi connectivity index (χ0) is 13.2. The summed E-state index contributed by atoms with van der Waals surface area (Å²) < 4.78 is 0. The van der Waals surface area contributed by atoms with Crippen molar-refractivity contribution >= 4 is 5.91 Å². The lowest BCUT2D eigenvalue weighted by atomic mass is 9.98. The normalized spacial score (nSPS) is 26.9. The minimum absolute atomic E-state index is 0.199. The molecule has 2 aliphatic rings. The molecule has 3 nitrogen and oxygen atoms in total. The Morgan fingerprint density at radius 3 is 2.89 bits per heavy atom. The summed E-state index contributed by atoms with van der Waals surface area (Å²) in [6, 6.07) is 8.78. The van der Waals surface area contributed by atoms with Crippen LogP contribution >= 0.6 is 0 Å². The molecule has 1 aromatic carbocycles. The smallest absolute Gasteiger partial charge is 0.227 e. The van der Waals surface area contributed by atoms with Gasteiger partial charge in [0.25, 0.3) is 0 Å². The molecule has 1 aromatic rings. The van der Waals surface area contributed by atoms with Gasteiger partial charge in [-0.05, 0) is 43.9 Å². The van der Waals surface area contributed by atoms with Crippen molar-refractivity contribution in [2.75, 3.05) is 19.6 Å². The zero-order valence-corrected chi connectivity index (χ0v) is 11.6. The lowest BCUT2D eigenvalue weighted by Crippen LogP contribution is -2.36. The lowest BCUT2D eigenvalue weighted by Gasteiger charge is -2.28. The SMILES string of the molecule is Cc1ccccc1C1CCCN1C(=O)C1CCNC1. The molecule has 2 saturated heterocycles. The molecule has 0 radical (unpaired) electrons. The van der Waals surface area contributed by atoms with E-state index in [0.717, 1.165) is 38.9 Å². The number of benzene rings is 1. The van der Waals surface area contributed by atoms with Gasteiger partial charge < -0.3 is 10.2 Å². The van der Waals surface area contributed by atoms with Gasteiger partial charge in [0.05, 0.1) is 12.0 Å². The monoisotopic (exact) mass is 258 g/mol. The van der Waals surface area contributed by atoms with Crippen LogP contribution < -0.4 is 5.32 Å². The van der Waals surface area contributed by atoms with Crippen molar-refractivity contribution in [1.29, 1.82) is 0 Å². The lowest BCUT2D eigenvalue weighted by molar-refractivity contribution is -0.135. The second-order valence-electron chi connectivity index (χ2n) is 5.74. The fraction of sp³-hybridized carbons (Fsp3) is 0.562. The van der Waals surface area contributed by atoms with Crippen LogP contribution in [0.25, 0.3) is 0 Å². The van der Waals surface area contributed by atoms with Crippen LogP contribution in [-0.4, -0.2) is 30.4 Å². The van der Waals surface area contributed by atoms with Gasteiger partial charge >= 0.3 is 0 Å². The second kappa shape index (κ2) is 5.33. The van der Waals surface area contributed by atoms with Crippen LogP contribution in [0.1, 0.15) is 36.4 Å². The van der Waals surface area contributed by atoms with Crippen LogP contribution in [0.4, 0.5) is 0 Å². The summed E-state index contributed by atoms with van der Waals surface area (Å²) in [5.74, 6) is 0.556. The minimum Gasteiger partial charge on any atom is -0.335 e. The first-order chi connectivity index (χ1) is 9.27. The average Bonchev–Trinajstić information content (AvgIpc) is 3.10. The molecule has 2 atom stereocenters. The van der Waals surface area contributed by atoms with E-state index in [4.69, 9.17) is 0 Å². The van der Waals surface area contributed by atoms with Crippen molar-refractivity contribution < 1.29 is 4.79 Å². The Morgan fingerprint density at radius 1 is 1.32 bits per heavy atom. The molecule has 0 saturated carbocycles. The van der Waals surface area contributed by atoms with Crippen molar-refractivity contribution in [1.82, 2.24) is 10.2 Å². The Labute approximate surface area is 115 Å². The van der Waals surface area contributed by atoms with E-state index >= 15 is 0 Å². The Kier molecular flexibility index (Phi) is 3.56. The average molecular weight is 258 g/mol. The quantitative estimate of drug-likeness (QED) is 0.882. The first-order valence-corrected chi connectivity index (χ1v) is 7.34. The highest BCUT2D eigenvalue weighted by Crippen LogP contribution is 2.35. The molecule has 0 bridgehead atoms. The zero-order valence-electron chi connectivity index (χ0n) is 11.6. The van der Waals surface area contributed by atoms with E-state index < -0.39 is 0 Å². The summed E-state index contributed by atoms with van der Waals surface area (Å²) in [5.41, 5.74) is 2.64. The third-order valence-corrected chi connectivity index (χ3v) is 4.49. The van der Waals surface area contributed by atoms with Crippen molar-refractivity contribution in [3.63, 3.8) is 0 Å². The van der Waals surface area contributed by atoms with E-state index in [1.54, 1.807) is 0 Å². The number of hydrogen-bond acceptors (Lipinski definition) is 2. The molecule has 1 amide bonds. The molecule has 2 aliphatic heterocycles. The summed E-state index contributed by atoms with van der Waals surface area (Å²) in [5, 5.41) is 3.30. The van der Waals surface area contributed by atoms with Gasteiger partial charge in [0.1, 0.15) is 0 Å². The number of amides is 1. The fourth-order valence-corrected chi connectivity index (χ4v) is 3.41. The largest absolute Gasteiger partial charge is 0.335 e. The molecule has 102 valence electrons. The Balaban J connectivity index is 1.81. The van der Waals surface area contributed by atoms with Crippen LogP contribution in [0, 0.1) is 12.8 Å².